The van der Waals surface area contributed by atoms with Crippen molar-refractivity contribution in [2.75, 3.05) is 0 Å². The zero-order valence-electron chi connectivity index (χ0n) is 17.2. The summed E-state index contributed by atoms with van der Waals surface area (Å²) in [7, 11) is 0. The van der Waals surface area contributed by atoms with E-state index in [0.29, 0.717) is 0 Å². The van der Waals surface area contributed by atoms with Gasteiger partial charge in [-0.05, 0) is 57.9 Å². The molecule has 0 fully saturated rings. The highest BCUT2D eigenvalue weighted by Crippen LogP contribution is 2.38. The first-order valence-corrected chi connectivity index (χ1v) is 9.72. The number of fused-ring (bicyclic) bond motifs is 3. The summed E-state index contributed by atoms with van der Waals surface area (Å²) in [4.78, 5) is 3.68. The first-order chi connectivity index (χ1) is 12.6. The molecule has 0 aliphatic heterocycles. The Balaban J connectivity index is 2.11. The van der Waals surface area contributed by atoms with Gasteiger partial charge in [-0.15, -0.1) is 0 Å². The normalized spacial score (nSPS) is 12.8. The van der Waals surface area contributed by atoms with Crippen LogP contribution in [0.3, 0.4) is 0 Å². The number of aromatic amines is 1. The van der Waals surface area contributed by atoms with Crippen LogP contribution in [-0.4, -0.2) is 4.98 Å². The van der Waals surface area contributed by atoms with Crippen LogP contribution >= 0.6 is 0 Å². The SMILES string of the molecule is CC(C)(C)c1ccc2[nH]c3c(-c4[c]cccc4)cc(C(C)(C)C)cc3c2c1. The lowest BCUT2D eigenvalue weighted by atomic mass is 9.83. The van der Waals surface area contributed by atoms with Gasteiger partial charge in [-0.25, -0.2) is 0 Å². The Morgan fingerprint density at radius 1 is 0.741 bits per heavy atom. The fourth-order valence-corrected chi connectivity index (χ4v) is 3.67. The number of hydrogen-bond acceptors (Lipinski definition) is 0. The standard InChI is InChI=1S/C26H28N/c1-25(2,3)18-12-13-23-21(14-18)22-16-19(26(4,5)6)15-20(24(22)27-23)17-10-8-7-9-11-17/h7-10,12-16,27H,1-6H3. The van der Waals surface area contributed by atoms with Crippen molar-refractivity contribution in [2.45, 2.75) is 52.4 Å². The average molecular weight is 355 g/mol. The Labute approximate surface area is 162 Å². The molecule has 137 valence electrons. The van der Waals surface area contributed by atoms with Crippen LogP contribution in [0.15, 0.2) is 54.6 Å². The van der Waals surface area contributed by atoms with Gasteiger partial charge in [-0.2, -0.15) is 0 Å². The lowest BCUT2D eigenvalue weighted by molar-refractivity contribution is 0.590. The van der Waals surface area contributed by atoms with E-state index < -0.39 is 0 Å². The van der Waals surface area contributed by atoms with Crippen LogP contribution in [0.4, 0.5) is 0 Å². The topological polar surface area (TPSA) is 15.8 Å². The molecule has 0 saturated heterocycles. The molecule has 1 radical (unpaired) electrons. The van der Waals surface area contributed by atoms with Crippen LogP contribution in [-0.2, 0) is 10.8 Å². The van der Waals surface area contributed by atoms with Crippen LogP contribution in [0.1, 0.15) is 52.7 Å². The summed E-state index contributed by atoms with van der Waals surface area (Å²) in [6, 6.07) is 23.2. The second-order valence-electron chi connectivity index (χ2n) is 9.61. The molecule has 0 atom stereocenters. The molecule has 3 aromatic carbocycles. The molecule has 0 aliphatic carbocycles. The zero-order chi connectivity index (χ0) is 19.4. The Hall–Kier alpha value is -2.54. The maximum atomic E-state index is 3.68. The first kappa shape index (κ1) is 17.9. The van der Waals surface area contributed by atoms with Gasteiger partial charge >= 0.3 is 0 Å². The Morgan fingerprint density at radius 3 is 2.07 bits per heavy atom. The third kappa shape index (κ3) is 3.16. The van der Waals surface area contributed by atoms with E-state index in [2.05, 4.69) is 95.1 Å². The summed E-state index contributed by atoms with van der Waals surface area (Å²) in [5, 5.41) is 2.61. The molecule has 4 rings (SSSR count). The van der Waals surface area contributed by atoms with Gasteiger partial charge in [-0.3, -0.25) is 0 Å². The van der Waals surface area contributed by atoms with Crippen LogP contribution in [0.25, 0.3) is 32.9 Å². The van der Waals surface area contributed by atoms with E-state index in [1.54, 1.807) is 0 Å². The number of H-pyrrole nitrogens is 1. The molecule has 0 saturated carbocycles. The van der Waals surface area contributed by atoms with E-state index in [4.69, 9.17) is 0 Å². The van der Waals surface area contributed by atoms with Crippen molar-refractivity contribution in [2.24, 2.45) is 0 Å². The fourth-order valence-electron chi connectivity index (χ4n) is 3.67. The lowest BCUT2D eigenvalue weighted by Crippen LogP contribution is -2.11. The van der Waals surface area contributed by atoms with Crippen LogP contribution < -0.4 is 0 Å². The summed E-state index contributed by atoms with van der Waals surface area (Å²) < 4.78 is 0. The van der Waals surface area contributed by atoms with Crippen molar-refractivity contribution in [3.63, 3.8) is 0 Å². The van der Waals surface area contributed by atoms with Crippen molar-refractivity contribution < 1.29 is 0 Å². The molecule has 1 nitrogen and oxygen atoms in total. The molecule has 1 heteroatoms. The minimum atomic E-state index is 0.0863. The van der Waals surface area contributed by atoms with Gasteiger partial charge in [0, 0.05) is 21.9 Å². The molecule has 1 heterocycles. The van der Waals surface area contributed by atoms with Crippen LogP contribution in [0, 0.1) is 6.07 Å². The first-order valence-electron chi connectivity index (χ1n) is 9.72. The van der Waals surface area contributed by atoms with Gasteiger partial charge < -0.3 is 4.98 Å². The second-order valence-corrected chi connectivity index (χ2v) is 9.61. The van der Waals surface area contributed by atoms with E-state index in [1.807, 2.05) is 12.1 Å². The van der Waals surface area contributed by atoms with Crippen molar-refractivity contribution in [3.05, 3.63) is 71.8 Å². The summed E-state index contributed by atoms with van der Waals surface area (Å²) in [5.41, 5.74) is 7.70. The van der Waals surface area contributed by atoms with Gasteiger partial charge in [0.05, 0.1) is 5.52 Å². The highest BCUT2D eigenvalue weighted by Gasteiger charge is 2.20. The molecule has 1 N–H and O–H groups in total. The minimum absolute atomic E-state index is 0.0863. The van der Waals surface area contributed by atoms with E-state index in [-0.39, 0.29) is 10.8 Å². The summed E-state index contributed by atoms with van der Waals surface area (Å²) in [6.45, 7) is 13.7. The maximum Gasteiger partial charge on any atom is 0.0544 e. The minimum Gasteiger partial charge on any atom is -0.354 e. The Kier molecular flexibility index (Phi) is 3.96. The average Bonchev–Trinajstić information content (AvgIpc) is 2.98. The van der Waals surface area contributed by atoms with Gasteiger partial charge in [-0.1, -0.05) is 71.9 Å². The molecular formula is C26H28N. The number of benzene rings is 3. The largest absolute Gasteiger partial charge is 0.354 e. The second kappa shape index (κ2) is 5.99. The van der Waals surface area contributed by atoms with Gasteiger partial charge in [0.2, 0.25) is 0 Å². The monoisotopic (exact) mass is 354 g/mol. The number of nitrogens with one attached hydrogen (secondary N) is 1. The lowest BCUT2D eigenvalue weighted by Gasteiger charge is -2.21. The molecule has 0 spiro atoms. The quantitative estimate of drug-likeness (QED) is 0.367. The van der Waals surface area contributed by atoms with Crippen LogP contribution in [0.5, 0.6) is 0 Å². The Morgan fingerprint density at radius 2 is 1.44 bits per heavy atom. The molecule has 27 heavy (non-hydrogen) atoms. The molecule has 0 aliphatic rings. The smallest absolute Gasteiger partial charge is 0.0544 e. The summed E-state index contributed by atoms with van der Waals surface area (Å²) in [5.74, 6) is 0. The van der Waals surface area contributed by atoms with Gasteiger partial charge in [0.25, 0.3) is 0 Å². The van der Waals surface area contributed by atoms with Crippen molar-refractivity contribution in [1.29, 1.82) is 0 Å². The van der Waals surface area contributed by atoms with Crippen molar-refractivity contribution in [1.82, 2.24) is 4.98 Å². The molecule has 1 aromatic heterocycles. The predicted octanol–water partition coefficient (Wildman–Crippen LogP) is 7.38. The van der Waals surface area contributed by atoms with Crippen LogP contribution in [0.2, 0.25) is 0 Å². The van der Waals surface area contributed by atoms with Gasteiger partial charge in [0.15, 0.2) is 0 Å². The summed E-state index contributed by atoms with van der Waals surface area (Å²) >= 11 is 0. The number of rotatable bonds is 1. The molecular weight excluding hydrogens is 326 g/mol. The summed E-state index contributed by atoms with van der Waals surface area (Å²) in [6.07, 6.45) is 0. The fraction of sp³-hybridized carbons (Fsp3) is 0.308. The van der Waals surface area contributed by atoms with E-state index >= 15 is 0 Å². The number of hydrogen-bond donors (Lipinski definition) is 1. The maximum absolute atomic E-state index is 3.68. The van der Waals surface area contributed by atoms with E-state index in [1.165, 1.54) is 38.5 Å². The van der Waals surface area contributed by atoms with E-state index in [0.717, 1.165) is 5.56 Å². The zero-order valence-corrected chi connectivity index (χ0v) is 17.2. The molecule has 4 aromatic rings. The highest BCUT2D eigenvalue weighted by atomic mass is 14.7. The third-order valence-corrected chi connectivity index (χ3v) is 5.44. The van der Waals surface area contributed by atoms with Crippen molar-refractivity contribution in [3.8, 4) is 11.1 Å². The van der Waals surface area contributed by atoms with Crippen molar-refractivity contribution >= 4 is 21.8 Å². The predicted molar refractivity (Wildman–Crippen MR) is 117 cm³/mol. The molecule has 0 unspecified atom stereocenters. The highest BCUT2D eigenvalue weighted by molar-refractivity contribution is 6.12. The van der Waals surface area contributed by atoms with E-state index in [9.17, 15) is 0 Å². The molecule has 0 amide bonds. The molecule has 0 bridgehead atoms. The van der Waals surface area contributed by atoms with Gasteiger partial charge in [0.1, 0.15) is 0 Å². The number of aromatic nitrogens is 1. The third-order valence-electron chi connectivity index (χ3n) is 5.44. The Bertz CT molecular complexity index is 1120.